The van der Waals surface area contributed by atoms with Crippen LogP contribution in [-0.2, 0) is 4.74 Å². The second kappa shape index (κ2) is 5.34. The maximum absolute atomic E-state index is 6.20. The van der Waals surface area contributed by atoms with E-state index >= 15 is 0 Å². The zero-order chi connectivity index (χ0) is 12.2. The number of hydrogen-bond acceptors (Lipinski definition) is 2. The zero-order valence-electron chi connectivity index (χ0n) is 10.3. The molecular weight excluding hydrogens is 222 g/mol. The van der Waals surface area contributed by atoms with Crippen molar-refractivity contribution in [1.82, 2.24) is 5.32 Å². The van der Waals surface area contributed by atoms with Gasteiger partial charge in [0.25, 0.3) is 0 Å². The molecule has 1 aliphatic rings. The fraction of sp³-hybridized carbons (Fsp3) is 0.250. The van der Waals surface area contributed by atoms with E-state index in [1.165, 1.54) is 11.1 Å². The molecule has 2 aromatic rings. The summed E-state index contributed by atoms with van der Waals surface area (Å²) in [6.45, 7) is 1.76. The summed E-state index contributed by atoms with van der Waals surface area (Å²) in [6, 6.07) is 20.8. The van der Waals surface area contributed by atoms with Crippen LogP contribution in [0.4, 0.5) is 0 Å². The molecule has 1 fully saturated rings. The van der Waals surface area contributed by atoms with Gasteiger partial charge in [0.2, 0.25) is 0 Å². The van der Waals surface area contributed by atoms with Crippen LogP contribution in [0, 0.1) is 0 Å². The number of morpholine rings is 1. The van der Waals surface area contributed by atoms with E-state index in [1.54, 1.807) is 0 Å². The first kappa shape index (κ1) is 11.5. The Balaban J connectivity index is 1.77. The molecule has 0 radical (unpaired) electrons. The standard InChI is InChI=1S/C16H17NO/c1-3-7-13(8-4-1)15-11-17-12-16(18-15)14-9-5-2-6-10-14/h1-10,15-17H,11-12H2. The van der Waals surface area contributed by atoms with Crippen molar-refractivity contribution in [3.63, 3.8) is 0 Å². The maximum atomic E-state index is 6.20. The fourth-order valence-corrected chi connectivity index (χ4v) is 2.37. The highest BCUT2D eigenvalue weighted by atomic mass is 16.5. The van der Waals surface area contributed by atoms with E-state index in [1.807, 2.05) is 12.1 Å². The highest BCUT2D eigenvalue weighted by Crippen LogP contribution is 2.28. The van der Waals surface area contributed by atoms with E-state index in [0.29, 0.717) is 0 Å². The highest BCUT2D eigenvalue weighted by Gasteiger charge is 2.24. The SMILES string of the molecule is c1ccc(C2CNCC(c3ccccc3)O2)cc1. The Morgan fingerprint density at radius 3 is 1.61 bits per heavy atom. The molecule has 1 saturated heterocycles. The van der Waals surface area contributed by atoms with Crippen molar-refractivity contribution in [3.8, 4) is 0 Å². The number of nitrogens with one attached hydrogen (secondary N) is 1. The molecule has 2 nitrogen and oxygen atoms in total. The molecule has 2 aromatic carbocycles. The minimum Gasteiger partial charge on any atom is -0.363 e. The van der Waals surface area contributed by atoms with E-state index < -0.39 is 0 Å². The van der Waals surface area contributed by atoms with Crippen molar-refractivity contribution in [2.75, 3.05) is 13.1 Å². The summed E-state index contributed by atoms with van der Waals surface area (Å²) in [4.78, 5) is 0. The number of hydrogen-bond donors (Lipinski definition) is 1. The van der Waals surface area contributed by atoms with Crippen LogP contribution in [0.3, 0.4) is 0 Å². The fourth-order valence-electron chi connectivity index (χ4n) is 2.37. The Labute approximate surface area is 108 Å². The smallest absolute Gasteiger partial charge is 0.0958 e. The van der Waals surface area contributed by atoms with Crippen molar-refractivity contribution in [2.45, 2.75) is 12.2 Å². The number of rotatable bonds is 2. The lowest BCUT2D eigenvalue weighted by molar-refractivity contribution is -0.0406. The molecule has 0 aliphatic carbocycles. The summed E-state index contributed by atoms with van der Waals surface area (Å²) >= 11 is 0. The minimum absolute atomic E-state index is 0.144. The second-order valence-electron chi connectivity index (χ2n) is 4.59. The minimum atomic E-state index is 0.144. The molecule has 18 heavy (non-hydrogen) atoms. The highest BCUT2D eigenvalue weighted by molar-refractivity contribution is 5.21. The normalized spacial score (nSPS) is 23.8. The summed E-state index contributed by atoms with van der Waals surface area (Å²) in [6.07, 6.45) is 0.287. The van der Waals surface area contributed by atoms with Gasteiger partial charge in [0, 0.05) is 13.1 Å². The van der Waals surface area contributed by atoms with E-state index in [-0.39, 0.29) is 12.2 Å². The van der Waals surface area contributed by atoms with Gasteiger partial charge in [0.1, 0.15) is 0 Å². The summed E-state index contributed by atoms with van der Waals surface area (Å²) in [5, 5.41) is 3.46. The van der Waals surface area contributed by atoms with Gasteiger partial charge in [-0.25, -0.2) is 0 Å². The topological polar surface area (TPSA) is 21.3 Å². The van der Waals surface area contributed by atoms with E-state index in [2.05, 4.69) is 53.8 Å². The summed E-state index contributed by atoms with van der Waals surface area (Å²) < 4.78 is 6.20. The maximum Gasteiger partial charge on any atom is 0.0958 e. The Morgan fingerprint density at radius 1 is 0.722 bits per heavy atom. The van der Waals surface area contributed by atoms with Gasteiger partial charge in [0.15, 0.2) is 0 Å². The number of benzene rings is 2. The predicted octanol–water partition coefficient (Wildman–Crippen LogP) is 3.09. The third-order valence-electron chi connectivity index (χ3n) is 3.33. The van der Waals surface area contributed by atoms with Crippen LogP contribution in [0.15, 0.2) is 60.7 Å². The molecule has 3 rings (SSSR count). The van der Waals surface area contributed by atoms with E-state index in [0.717, 1.165) is 13.1 Å². The van der Waals surface area contributed by atoms with Crippen LogP contribution in [0.2, 0.25) is 0 Å². The molecule has 0 bridgehead atoms. The average Bonchev–Trinajstić information content (AvgIpc) is 2.49. The van der Waals surface area contributed by atoms with E-state index in [9.17, 15) is 0 Å². The van der Waals surface area contributed by atoms with Gasteiger partial charge in [-0.05, 0) is 11.1 Å². The van der Waals surface area contributed by atoms with Crippen LogP contribution < -0.4 is 5.32 Å². The molecule has 0 saturated carbocycles. The lowest BCUT2D eigenvalue weighted by Gasteiger charge is -2.31. The number of ether oxygens (including phenoxy) is 1. The zero-order valence-corrected chi connectivity index (χ0v) is 10.3. The Kier molecular flexibility index (Phi) is 3.40. The molecule has 92 valence electrons. The molecule has 2 unspecified atom stereocenters. The first-order valence-corrected chi connectivity index (χ1v) is 6.39. The molecule has 0 aromatic heterocycles. The van der Waals surface area contributed by atoms with Crippen LogP contribution in [0.1, 0.15) is 23.3 Å². The van der Waals surface area contributed by atoms with Gasteiger partial charge >= 0.3 is 0 Å². The summed E-state index contributed by atoms with van der Waals surface area (Å²) in [5.41, 5.74) is 2.48. The predicted molar refractivity (Wildman–Crippen MR) is 72.3 cm³/mol. The molecule has 0 amide bonds. The van der Waals surface area contributed by atoms with Crippen molar-refractivity contribution >= 4 is 0 Å². The third kappa shape index (κ3) is 2.45. The molecule has 0 spiro atoms. The quantitative estimate of drug-likeness (QED) is 0.869. The van der Waals surface area contributed by atoms with Crippen LogP contribution in [-0.4, -0.2) is 13.1 Å². The molecule has 2 heteroatoms. The molecular formula is C16H17NO. The van der Waals surface area contributed by atoms with Gasteiger partial charge in [-0.3, -0.25) is 0 Å². The van der Waals surface area contributed by atoms with Gasteiger partial charge in [0.05, 0.1) is 12.2 Å². The Bertz CT molecular complexity index is 437. The van der Waals surface area contributed by atoms with Crippen LogP contribution in [0.25, 0.3) is 0 Å². The average molecular weight is 239 g/mol. The van der Waals surface area contributed by atoms with Crippen molar-refractivity contribution in [3.05, 3.63) is 71.8 Å². The van der Waals surface area contributed by atoms with Crippen molar-refractivity contribution in [2.24, 2.45) is 0 Å². The monoisotopic (exact) mass is 239 g/mol. The second-order valence-corrected chi connectivity index (χ2v) is 4.59. The van der Waals surface area contributed by atoms with Gasteiger partial charge < -0.3 is 10.1 Å². The first-order valence-electron chi connectivity index (χ1n) is 6.39. The lowest BCUT2D eigenvalue weighted by atomic mass is 10.0. The van der Waals surface area contributed by atoms with Crippen LogP contribution in [0.5, 0.6) is 0 Å². The Morgan fingerprint density at radius 2 is 1.17 bits per heavy atom. The van der Waals surface area contributed by atoms with E-state index in [4.69, 9.17) is 4.74 Å². The largest absolute Gasteiger partial charge is 0.363 e. The van der Waals surface area contributed by atoms with Gasteiger partial charge in [-0.1, -0.05) is 60.7 Å². The summed E-state index contributed by atoms with van der Waals surface area (Å²) in [7, 11) is 0. The molecule has 2 atom stereocenters. The molecule has 1 N–H and O–H groups in total. The lowest BCUT2D eigenvalue weighted by Crippen LogP contribution is -2.35. The Hall–Kier alpha value is -1.64. The van der Waals surface area contributed by atoms with Gasteiger partial charge in [-0.2, -0.15) is 0 Å². The van der Waals surface area contributed by atoms with Crippen molar-refractivity contribution in [1.29, 1.82) is 0 Å². The third-order valence-corrected chi connectivity index (χ3v) is 3.33. The van der Waals surface area contributed by atoms with Crippen molar-refractivity contribution < 1.29 is 4.74 Å². The molecule has 1 aliphatic heterocycles. The van der Waals surface area contributed by atoms with Crippen LogP contribution >= 0.6 is 0 Å². The molecule has 1 heterocycles. The first-order chi connectivity index (χ1) is 8.93. The van der Waals surface area contributed by atoms with Gasteiger partial charge in [-0.15, -0.1) is 0 Å². The summed E-state index contributed by atoms with van der Waals surface area (Å²) in [5.74, 6) is 0.